The zero-order chi connectivity index (χ0) is 14.3. The molecule has 20 heavy (non-hydrogen) atoms. The third kappa shape index (κ3) is 2.68. The van der Waals surface area contributed by atoms with Crippen LogP contribution in [0.25, 0.3) is 0 Å². The average Bonchev–Trinajstić information content (AvgIpc) is 3.01. The van der Waals surface area contributed by atoms with Crippen LogP contribution in [0, 0.1) is 29.6 Å². The molecule has 2 bridgehead atoms. The van der Waals surface area contributed by atoms with Crippen molar-refractivity contribution in [1.29, 1.82) is 0 Å². The number of allylic oxidation sites excluding steroid dienone is 1. The largest absolute Gasteiger partial charge is 0.377 e. The maximum Gasteiger partial charge on any atom is 0.0795 e. The number of nitrogens with one attached hydrogen (secondary N) is 1. The Morgan fingerprint density at radius 2 is 1.60 bits per heavy atom. The van der Waals surface area contributed by atoms with Crippen molar-refractivity contribution in [2.45, 2.75) is 64.8 Å². The second-order valence-corrected chi connectivity index (χ2v) is 8.14. The minimum absolute atomic E-state index is 0.598. The summed E-state index contributed by atoms with van der Waals surface area (Å²) in [6.07, 6.45) is 9.53. The second-order valence-electron chi connectivity index (χ2n) is 7.70. The fraction of sp³-hybridized carbons (Fsp3) is 0.833. The SMILES string of the molecule is C=C(C)C1C2CCC(C2)C1C(=S)NC1CCC(C)CC1. The number of hydrogen-bond donors (Lipinski definition) is 1. The zero-order valence-corrected chi connectivity index (χ0v) is 13.8. The van der Waals surface area contributed by atoms with Crippen LogP contribution in [0.1, 0.15) is 58.8 Å². The first kappa shape index (κ1) is 14.6. The first-order chi connectivity index (χ1) is 9.56. The minimum atomic E-state index is 0.598. The Hall–Kier alpha value is -0.370. The van der Waals surface area contributed by atoms with Crippen LogP contribution >= 0.6 is 12.2 Å². The summed E-state index contributed by atoms with van der Waals surface area (Å²) in [5.74, 6) is 3.88. The molecule has 3 aliphatic rings. The highest BCUT2D eigenvalue weighted by Crippen LogP contribution is 2.54. The smallest absolute Gasteiger partial charge is 0.0795 e. The highest BCUT2D eigenvalue weighted by molar-refractivity contribution is 7.80. The number of thiocarbonyl (C=S) groups is 1. The van der Waals surface area contributed by atoms with Crippen molar-refractivity contribution in [2.75, 3.05) is 0 Å². The Morgan fingerprint density at radius 1 is 1.00 bits per heavy atom. The van der Waals surface area contributed by atoms with Gasteiger partial charge in [-0.25, -0.2) is 0 Å². The van der Waals surface area contributed by atoms with E-state index >= 15 is 0 Å². The standard InChI is InChI=1S/C18H29NS/c1-11(2)16-13-6-7-14(10-13)17(16)18(20)19-15-8-4-12(3)5-9-15/h12-17H,1,4-10H2,2-3H3,(H,19,20). The van der Waals surface area contributed by atoms with E-state index in [0.717, 1.165) is 17.8 Å². The Balaban J connectivity index is 1.63. The van der Waals surface area contributed by atoms with E-state index in [4.69, 9.17) is 12.2 Å². The minimum Gasteiger partial charge on any atom is -0.377 e. The van der Waals surface area contributed by atoms with Crippen LogP contribution in [0.2, 0.25) is 0 Å². The van der Waals surface area contributed by atoms with Crippen LogP contribution in [0.3, 0.4) is 0 Å². The molecule has 0 saturated heterocycles. The predicted octanol–water partition coefficient (Wildman–Crippen LogP) is 4.72. The van der Waals surface area contributed by atoms with Crippen LogP contribution in [0.15, 0.2) is 12.2 Å². The molecule has 4 atom stereocenters. The quantitative estimate of drug-likeness (QED) is 0.596. The van der Waals surface area contributed by atoms with E-state index in [-0.39, 0.29) is 0 Å². The second kappa shape index (κ2) is 5.79. The summed E-state index contributed by atoms with van der Waals surface area (Å²) in [5, 5.41) is 3.74. The summed E-state index contributed by atoms with van der Waals surface area (Å²) in [7, 11) is 0. The molecule has 0 spiro atoms. The number of rotatable bonds is 3. The van der Waals surface area contributed by atoms with Gasteiger partial charge in [0.2, 0.25) is 0 Å². The van der Waals surface area contributed by atoms with Gasteiger partial charge < -0.3 is 5.32 Å². The molecular formula is C18H29NS. The highest BCUT2D eigenvalue weighted by Gasteiger charge is 2.49. The summed E-state index contributed by atoms with van der Waals surface area (Å²) in [4.78, 5) is 1.17. The van der Waals surface area contributed by atoms with Gasteiger partial charge in [-0.05, 0) is 75.5 Å². The predicted molar refractivity (Wildman–Crippen MR) is 89.8 cm³/mol. The van der Waals surface area contributed by atoms with Crippen LogP contribution in [0.4, 0.5) is 0 Å². The lowest BCUT2D eigenvalue weighted by Gasteiger charge is -2.35. The molecule has 1 N–H and O–H groups in total. The van der Waals surface area contributed by atoms with E-state index in [1.807, 2.05) is 0 Å². The highest BCUT2D eigenvalue weighted by atomic mass is 32.1. The van der Waals surface area contributed by atoms with Gasteiger partial charge in [-0.1, -0.05) is 31.3 Å². The molecule has 0 radical (unpaired) electrons. The third-order valence-corrected chi connectivity index (χ3v) is 6.54. The van der Waals surface area contributed by atoms with Crippen LogP contribution in [-0.4, -0.2) is 11.0 Å². The van der Waals surface area contributed by atoms with Gasteiger partial charge in [0, 0.05) is 12.0 Å². The van der Waals surface area contributed by atoms with E-state index in [1.165, 1.54) is 55.5 Å². The first-order valence-electron chi connectivity index (χ1n) is 8.52. The lowest BCUT2D eigenvalue weighted by molar-refractivity contribution is 0.302. The van der Waals surface area contributed by atoms with Crippen molar-refractivity contribution < 1.29 is 0 Å². The molecule has 112 valence electrons. The summed E-state index contributed by atoms with van der Waals surface area (Å²) in [6, 6.07) is 0.642. The zero-order valence-electron chi connectivity index (χ0n) is 13.0. The molecule has 0 aromatic heterocycles. The molecule has 3 rings (SSSR count). The maximum absolute atomic E-state index is 5.83. The number of fused-ring (bicyclic) bond motifs is 2. The van der Waals surface area contributed by atoms with Crippen molar-refractivity contribution in [2.24, 2.45) is 29.6 Å². The lowest BCUT2D eigenvalue weighted by Crippen LogP contribution is -2.43. The van der Waals surface area contributed by atoms with E-state index in [9.17, 15) is 0 Å². The summed E-state index contributed by atoms with van der Waals surface area (Å²) in [5.41, 5.74) is 1.36. The molecule has 1 nitrogen and oxygen atoms in total. The van der Waals surface area contributed by atoms with E-state index in [2.05, 4.69) is 25.7 Å². The summed E-state index contributed by atoms with van der Waals surface area (Å²) >= 11 is 5.83. The van der Waals surface area contributed by atoms with Crippen LogP contribution in [-0.2, 0) is 0 Å². The molecule has 3 aliphatic carbocycles. The van der Waals surface area contributed by atoms with Gasteiger partial charge in [-0.15, -0.1) is 0 Å². The van der Waals surface area contributed by atoms with E-state index in [1.54, 1.807) is 0 Å². The normalized spacial score (nSPS) is 43.5. The molecular weight excluding hydrogens is 262 g/mol. The van der Waals surface area contributed by atoms with Gasteiger partial charge in [0.25, 0.3) is 0 Å². The van der Waals surface area contributed by atoms with Crippen molar-refractivity contribution >= 4 is 17.2 Å². The molecule has 3 fully saturated rings. The van der Waals surface area contributed by atoms with Crippen molar-refractivity contribution in [3.63, 3.8) is 0 Å². The number of hydrogen-bond acceptors (Lipinski definition) is 1. The monoisotopic (exact) mass is 291 g/mol. The molecule has 0 amide bonds. The molecule has 4 unspecified atom stereocenters. The molecule has 0 heterocycles. The molecule has 0 aromatic rings. The fourth-order valence-corrected chi connectivity index (χ4v) is 5.59. The Kier molecular flexibility index (Phi) is 4.21. The Morgan fingerprint density at radius 3 is 2.20 bits per heavy atom. The van der Waals surface area contributed by atoms with Gasteiger partial charge in [0.05, 0.1) is 4.99 Å². The third-order valence-electron chi connectivity index (χ3n) is 6.15. The van der Waals surface area contributed by atoms with Gasteiger partial charge in [0.15, 0.2) is 0 Å². The lowest BCUT2D eigenvalue weighted by atomic mass is 9.75. The van der Waals surface area contributed by atoms with Crippen molar-refractivity contribution in [1.82, 2.24) is 5.32 Å². The van der Waals surface area contributed by atoms with Crippen LogP contribution in [0.5, 0.6) is 0 Å². The molecule has 0 aromatic carbocycles. The summed E-state index contributed by atoms with van der Waals surface area (Å²) < 4.78 is 0. The molecule has 3 saturated carbocycles. The summed E-state index contributed by atoms with van der Waals surface area (Å²) in [6.45, 7) is 8.85. The van der Waals surface area contributed by atoms with E-state index < -0.39 is 0 Å². The van der Waals surface area contributed by atoms with E-state index in [0.29, 0.717) is 17.9 Å². The van der Waals surface area contributed by atoms with Crippen molar-refractivity contribution in [3.05, 3.63) is 12.2 Å². The first-order valence-corrected chi connectivity index (χ1v) is 8.93. The Labute approximate surface area is 129 Å². The molecule has 2 heteroatoms. The van der Waals surface area contributed by atoms with Crippen molar-refractivity contribution in [3.8, 4) is 0 Å². The van der Waals surface area contributed by atoms with Gasteiger partial charge in [0.1, 0.15) is 0 Å². The van der Waals surface area contributed by atoms with Gasteiger partial charge in [-0.2, -0.15) is 0 Å². The maximum atomic E-state index is 5.83. The topological polar surface area (TPSA) is 12.0 Å². The van der Waals surface area contributed by atoms with Crippen LogP contribution < -0.4 is 5.32 Å². The fourth-order valence-electron chi connectivity index (χ4n) is 5.08. The molecule has 0 aliphatic heterocycles. The average molecular weight is 292 g/mol. The Bertz CT molecular complexity index is 394. The van der Waals surface area contributed by atoms with Gasteiger partial charge >= 0.3 is 0 Å². The van der Waals surface area contributed by atoms with Gasteiger partial charge in [-0.3, -0.25) is 0 Å².